The first-order chi connectivity index (χ1) is 13.7. The van der Waals surface area contributed by atoms with Gasteiger partial charge >= 0.3 is 6.18 Å². The number of hydrogen-bond donors (Lipinski definition) is 1. The van der Waals surface area contributed by atoms with E-state index in [-0.39, 0.29) is 28.8 Å². The molecule has 1 saturated carbocycles. The molecule has 1 fully saturated rings. The number of ether oxygens (including phenoxy) is 1. The molecule has 0 radical (unpaired) electrons. The Labute approximate surface area is 169 Å². The lowest BCUT2D eigenvalue weighted by molar-refractivity contribution is -0.152. The van der Waals surface area contributed by atoms with Crippen LogP contribution < -0.4 is 10.1 Å². The molecule has 2 heterocycles. The smallest absolute Gasteiger partial charge is 0.422 e. The fourth-order valence-electron chi connectivity index (χ4n) is 3.43. The second-order valence-electron chi connectivity index (χ2n) is 7.33. The highest BCUT2D eigenvalue weighted by Gasteiger charge is 2.44. The quantitative estimate of drug-likeness (QED) is 0.633. The Morgan fingerprint density at radius 1 is 1.38 bits per heavy atom. The van der Waals surface area contributed by atoms with Gasteiger partial charge in [-0.05, 0) is 43.0 Å². The number of aryl methyl sites for hydroxylation is 1. The minimum absolute atomic E-state index is 0.0428. The first-order valence-corrected chi connectivity index (χ1v) is 10.0. The third kappa shape index (κ3) is 4.39. The van der Waals surface area contributed by atoms with Crippen LogP contribution in [0.15, 0.2) is 36.5 Å². The first kappa shape index (κ1) is 19.8. The van der Waals surface area contributed by atoms with Crippen LogP contribution in [0.5, 0.6) is 5.06 Å². The summed E-state index contributed by atoms with van der Waals surface area (Å²) in [6, 6.07) is 9.01. The van der Waals surface area contributed by atoms with E-state index in [1.807, 2.05) is 37.0 Å². The maximum atomic E-state index is 12.6. The number of nitrogens with zero attached hydrogens (tertiary/aromatic N) is 2. The summed E-state index contributed by atoms with van der Waals surface area (Å²) in [4.78, 5) is 13.4. The lowest BCUT2D eigenvalue weighted by atomic mass is 10.1. The van der Waals surface area contributed by atoms with E-state index in [0.29, 0.717) is 0 Å². The number of hydrogen-bond acceptors (Lipinski definition) is 4. The predicted molar refractivity (Wildman–Crippen MR) is 104 cm³/mol. The number of halogens is 3. The zero-order valence-electron chi connectivity index (χ0n) is 15.9. The van der Waals surface area contributed by atoms with Crippen molar-refractivity contribution in [3.8, 4) is 5.06 Å². The molecular weight excluding hydrogens is 403 g/mol. The van der Waals surface area contributed by atoms with Gasteiger partial charge in [0.1, 0.15) is 0 Å². The van der Waals surface area contributed by atoms with Gasteiger partial charge in [-0.15, -0.1) is 11.3 Å². The maximum absolute atomic E-state index is 12.6. The molecule has 1 aliphatic rings. The number of carbonyl (C=O) groups excluding carboxylic acids is 1. The lowest BCUT2D eigenvalue weighted by Crippen LogP contribution is -2.27. The van der Waals surface area contributed by atoms with Crippen LogP contribution in [0.1, 0.15) is 35.7 Å². The number of alkyl halides is 3. The van der Waals surface area contributed by atoms with Crippen molar-refractivity contribution in [3.63, 3.8) is 0 Å². The second-order valence-corrected chi connectivity index (χ2v) is 8.40. The van der Waals surface area contributed by atoms with E-state index in [9.17, 15) is 18.0 Å². The van der Waals surface area contributed by atoms with Crippen molar-refractivity contribution in [2.45, 2.75) is 31.5 Å². The fraction of sp³-hybridized carbons (Fsp3) is 0.400. The monoisotopic (exact) mass is 423 g/mol. The van der Waals surface area contributed by atoms with Gasteiger partial charge in [0, 0.05) is 23.2 Å². The summed E-state index contributed by atoms with van der Waals surface area (Å²) >= 11 is 1.11. The zero-order valence-corrected chi connectivity index (χ0v) is 16.7. The Bertz CT molecular complexity index is 1040. The summed E-state index contributed by atoms with van der Waals surface area (Å²) in [5.74, 6) is 0.0401. The van der Waals surface area contributed by atoms with E-state index >= 15 is 0 Å². The minimum atomic E-state index is -4.37. The second kappa shape index (κ2) is 7.37. The van der Waals surface area contributed by atoms with Crippen LogP contribution in [0.25, 0.3) is 10.9 Å². The number of carbonyl (C=O) groups is 1. The number of benzene rings is 1. The van der Waals surface area contributed by atoms with E-state index in [0.717, 1.165) is 39.1 Å². The molecule has 3 aromatic rings. The molecule has 1 aromatic carbocycles. The average molecular weight is 423 g/mol. The lowest BCUT2D eigenvalue weighted by Gasteiger charge is -2.12. The largest absolute Gasteiger partial charge is 0.475 e. The Morgan fingerprint density at radius 3 is 2.93 bits per heavy atom. The van der Waals surface area contributed by atoms with Crippen molar-refractivity contribution < 1.29 is 22.7 Å². The van der Waals surface area contributed by atoms with Crippen LogP contribution in [0.4, 0.5) is 13.2 Å². The Morgan fingerprint density at radius 2 is 2.17 bits per heavy atom. The van der Waals surface area contributed by atoms with Crippen LogP contribution in [-0.4, -0.2) is 28.5 Å². The number of aromatic nitrogens is 2. The number of nitrogens with one attached hydrogen (secondary N) is 1. The van der Waals surface area contributed by atoms with Crippen molar-refractivity contribution in [1.82, 2.24) is 15.1 Å². The molecule has 0 aliphatic heterocycles. The Kier molecular flexibility index (Phi) is 5.02. The van der Waals surface area contributed by atoms with Crippen molar-refractivity contribution in [2.75, 3.05) is 6.61 Å². The molecule has 2 aromatic heterocycles. The molecule has 29 heavy (non-hydrogen) atoms. The van der Waals surface area contributed by atoms with Crippen molar-refractivity contribution in [2.24, 2.45) is 13.0 Å². The van der Waals surface area contributed by atoms with Gasteiger partial charge in [-0.25, -0.2) is 0 Å². The van der Waals surface area contributed by atoms with E-state index in [1.54, 1.807) is 6.07 Å². The number of amides is 1. The number of fused-ring (bicyclic) bond motifs is 1. The Balaban J connectivity index is 1.35. The molecule has 9 heteroatoms. The standard InChI is InChI=1S/C20H20F3N3O2S/c1-11(17-5-6-18(29-17)28-10-20(21,22)23)25-19(27)15-8-14(15)12-3-4-13-9-24-26(2)16(13)7-12/h3-7,9,11,14-15H,8,10H2,1-2H3,(H,25,27)/t11?,14-,15+/m0/s1. The van der Waals surface area contributed by atoms with E-state index in [1.165, 1.54) is 6.07 Å². The zero-order chi connectivity index (χ0) is 20.8. The molecule has 0 bridgehead atoms. The number of thiophene rings is 1. The van der Waals surface area contributed by atoms with Gasteiger partial charge in [0.25, 0.3) is 0 Å². The van der Waals surface area contributed by atoms with Crippen molar-refractivity contribution in [1.29, 1.82) is 0 Å². The molecule has 3 atom stereocenters. The SMILES string of the molecule is CC(NC(=O)[C@@H]1C[C@H]1c1ccc2cnn(C)c2c1)c1ccc(OCC(F)(F)F)s1. The number of rotatable bonds is 6. The molecule has 1 aliphatic carbocycles. The molecule has 0 spiro atoms. The molecule has 154 valence electrons. The van der Waals surface area contributed by atoms with Crippen molar-refractivity contribution in [3.05, 3.63) is 47.0 Å². The summed E-state index contributed by atoms with van der Waals surface area (Å²) in [5.41, 5.74) is 2.15. The third-order valence-corrected chi connectivity index (χ3v) is 6.27. The van der Waals surface area contributed by atoms with Crippen LogP contribution >= 0.6 is 11.3 Å². The van der Waals surface area contributed by atoms with E-state index in [2.05, 4.69) is 16.5 Å². The molecule has 1 N–H and O–H groups in total. The highest BCUT2D eigenvalue weighted by Crippen LogP contribution is 2.48. The van der Waals surface area contributed by atoms with Crippen LogP contribution in [0, 0.1) is 5.92 Å². The van der Waals surface area contributed by atoms with E-state index in [4.69, 9.17) is 4.74 Å². The van der Waals surface area contributed by atoms with Gasteiger partial charge in [0.05, 0.1) is 17.8 Å². The van der Waals surface area contributed by atoms with Gasteiger partial charge in [0.2, 0.25) is 5.91 Å². The summed E-state index contributed by atoms with van der Waals surface area (Å²) in [5, 5.41) is 8.45. The van der Waals surface area contributed by atoms with Crippen LogP contribution in [0.3, 0.4) is 0 Å². The van der Waals surface area contributed by atoms with Gasteiger partial charge in [-0.1, -0.05) is 12.1 Å². The first-order valence-electron chi connectivity index (χ1n) is 9.22. The third-order valence-electron chi connectivity index (χ3n) is 5.09. The highest BCUT2D eigenvalue weighted by molar-refractivity contribution is 7.13. The van der Waals surface area contributed by atoms with Gasteiger partial charge < -0.3 is 10.1 Å². The highest BCUT2D eigenvalue weighted by atomic mass is 32.1. The predicted octanol–water partition coefficient (Wildman–Crippen LogP) is 4.56. The Hall–Kier alpha value is -2.55. The van der Waals surface area contributed by atoms with Crippen molar-refractivity contribution >= 4 is 28.1 Å². The maximum Gasteiger partial charge on any atom is 0.422 e. The van der Waals surface area contributed by atoms with Crippen LogP contribution in [-0.2, 0) is 11.8 Å². The van der Waals surface area contributed by atoms with Gasteiger partial charge in [-0.2, -0.15) is 18.3 Å². The van der Waals surface area contributed by atoms with Gasteiger partial charge in [-0.3, -0.25) is 9.48 Å². The molecule has 1 amide bonds. The molecule has 4 rings (SSSR count). The summed E-state index contributed by atoms with van der Waals surface area (Å²) in [7, 11) is 1.89. The molecule has 0 saturated heterocycles. The van der Waals surface area contributed by atoms with Crippen LogP contribution in [0.2, 0.25) is 0 Å². The average Bonchev–Trinajstić information content (AvgIpc) is 3.18. The summed E-state index contributed by atoms with van der Waals surface area (Å²) in [6.07, 6.45) is -1.78. The summed E-state index contributed by atoms with van der Waals surface area (Å²) < 4.78 is 43.3. The van der Waals surface area contributed by atoms with Gasteiger partial charge in [0.15, 0.2) is 11.7 Å². The normalized spacial score (nSPS) is 19.9. The van der Waals surface area contributed by atoms with E-state index < -0.39 is 12.8 Å². The fourth-order valence-corrected chi connectivity index (χ4v) is 4.29. The molecular formula is C20H20F3N3O2S. The minimum Gasteiger partial charge on any atom is -0.475 e. The summed E-state index contributed by atoms with van der Waals surface area (Å²) in [6.45, 7) is 0.495. The topological polar surface area (TPSA) is 56.2 Å². The molecule has 5 nitrogen and oxygen atoms in total. The molecule has 1 unspecified atom stereocenters.